The SMILES string of the molecule is Cc1ccc(Nc2ccccc2C)c([N+](=O)[O-])c1. The van der Waals surface area contributed by atoms with Crippen LogP contribution in [0.25, 0.3) is 0 Å². The molecule has 1 N–H and O–H groups in total. The second-order valence-corrected chi connectivity index (χ2v) is 4.22. The van der Waals surface area contributed by atoms with Gasteiger partial charge in [0.05, 0.1) is 4.92 Å². The van der Waals surface area contributed by atoms with Crippen molar-refractivity contribution in [2.75, 3.05) is 5.32 Å². The monoisotopic (exact) mass is 242 g/mol. The fourth-order valence-corrected chi connectivity index (χ4v) is 1.76. The van der Waals surface area contributed by atoms with Crippen LogP contribution in [0.1, 0.15) is 11.1 Å². The standard InChI is InChI=1S/C14H14N2O2/c1-10-7-8-13(14(9-10)16(17)18)15-12-6-4-3-5-11(12)2/h3-9,15H,1-2H3. The molecule has 0 radical (unpaired) electrons. The van der Waals surface area contributed by atoms with E-state index in [-0.39, 0.29) is 10.6 Å². The number of hydrogen-bond donors (Lipinski definition) is 1. The van der Waals surface area contributed by atoms with Gasteiger partial charge in [0.1, 0.15) is 5.69 Å². The number of hydrogen-bond acceptors (Lipinski definition) is 3. The van der Waals surface area contributed by atoms with Gasteiger partial charge in [0.15, 0.2) is 0 Å². The van der Waals surface area contributed by atoms with E-state index < -0.39 is 0 Å². The minimum absolute atomic E-state index is 0.0956. The van der Waals surface area contributed by atoms with Crippen LogP contribution in [0.3, 0.4) is 0 Å². The molecule has 4 heteroatoms. The number of nitrogens with one attached hydrogen (secondary N) is 1. The smallest absolute Gasteiger partial charge is 0.292 e. The van der Waals surface area contributed by atoms with Gasteiger partial charge in [-0.15, -0.1) is 0 Å². The van der Waals surface area contributed by atoms with E-state index in [0.29, 0.717) is 5.69 Å². The predicted molar refractivity (Wildman–Crippen MR) is 72.3 cm³/mol. The van der Waals surface area contributed by atoms with Gasteiger partial charge in [0, 0.05) is 11.8 Å². The number of rotatable bonds is 3. The highest BCUT2D eigenvalue weighted by molar-refractivity contribution is 5.71. The molecule has 0 heterocycles. The van der Waals surface area contributed by atoms with E-state index in [2.05, 4.69) is 5.32 Å². The summed E-state index contributed by atoms with van der Waals surface area (Å²) in [5, 5.41) is 14.1. The summed E-state index contributed by atoms with van der Waals surface area (Å²) >= 11 is 0. The second-order valence-electron chi connectivity index (χ2n) is 4.22. The van der Waals surface area contributed by atoms with E-state index in [4.69, 9.17) is 0 Å². The summed E-state index contributed by atoms with van der Waals surface area (Å²) in [5.74, 6) is 0. The van der Waals surface area contributed by atoms with Crippen molar-refractivity contribution in [3.05, 3.63) is 63.7 Å². The molecular weight excluding hydrogens is 228 g/mol. The molecule has 0 fully saturated rings. The van der Waals surface area contributed by atoms with Gasteiger partial charge in [-0.3, -0.25) is 10.1 Å². The molecule has 92 valence electrons. The Morgan fingerprint density at radius 1 is 1.06 bits per heavy atom. The molecule has 0 spiro atoms. The summed E-state index contributed by atoms with van der Waals surface area (Å²) in [4.78, 5) is 10.6. The Hall–Kier alpha value is -2.36. The average molecular weight is 242 g/mol. The van der Waals surface area contributed by atoms with E-state index in [9.17, 15) is 10.1 Å². The largest absolute Gasteiger partial charge is 0.350 e. The van der Waals surface area contributed by atoms with Crippen molar-refractivity contribution in [1.82, 2.24) is 0 Å². The third-order valence-corrected chi connectivity index (χ3v) is 2.76. The molecule has 0 aliphatic heterocycles. The molecule has 0 saturated carbocycles. The summed E-state index contributed by atoms with van der Waals surface area (Å²) in [6, 6.07) is 12.9. The van der Waals surface area contributed by atoms with Gasteiger partial charge in [0.2, 0.25) is 0 Å². The van der Waals surface area contributed by atoms with Crippen LogP contribution in [-0.2, 0) is 0 Å². The van der Waals surface area contributed by atoms with Crippen LogP contribution >= 0.6 is 0 Å². The number of para-hydroxylation sites is 1. The second kappa shape index (κ2) is 4.87. The van der Waals surface area contributed by atoms with Gasteiger partial charge in [-0.25, -0.2) is 0 Å². The van der Waals surface area contributed by atoms with E-state index in [1.165, 1.54) is 0 Å². The zero-order chi connectivity index (χ0) is 13.1. The number of nitro groups is 1. The Balaban J connectivity index is 2.41. The van der Waals surface area contributed by atoms with Crippen LogP contribution in [0, 0.1) is 24.0 Å². The molecule has 0 unspecified atom stereocenters. The van der Waals surface area contributed by atoms with E-state index in [1.54, 1.807) is 12.1 Å². The molecule has 2 rings (SSSR count). The van der Waals surface area contributed by atoms with Gasteiger partial charge >= 0.3 is 0 Å². The highest BCUT2D eigenvalue weighted by Gasteiger charge is 2.14. The number of aryl methyl sites for hydroxylation is 2. The Morgan fingerprint density at radius 2 is 1.78 bits per heavy atom. The summed E-state index contributed by atoms with van der Waals surface area (Å²) in [5.41, 5.74) is 3.41. The van der Waals surface area contributed by atoms with Crippen molar-refractivity contribution < 1.29 is 4.92 Å². The topological polar surface area (TPSA) is 55.2 Å². The van der Waals surface area contributed by atoms with Gasteiger partial charge in [0.25, 0.3) is 5.69 Å². The van der Waals surface area contributed by atoms with Crippen molar-refractivity contribution in [2.45, 2.75) is 13.8 Å². The van der Waals surface area contributed by atoms with Gasteiger partial charge in [-0.05, 0) is 37.1 Å². The van der Waals surface area contributed by atoms with Crippen LogP contribution in [0.5, 0.6) is 0 Å². The van der Waals surface area contributed by atoms with Crippen LogP contribution < -0.4 is 5.32 Å². The minimum Gasteiger partial charge on any atom is -0.350 e. The minimum atomic E-state index is -0.367. The molecule has 0 aromatic heterocycles. The number of benzene rings is 2. The Bertz CT molecular complexity index is 594. The first-order valence-electron chi connectivity index (χ1n) is 5.65. The third-order valence-electron chi connectivity index (χ3n) is 2.76. The molecule has 2 aromatic carbocycles. The maximum Gasteiger partial charge on any atom is 0.292 e. The molecular formula is C14H14N2O2. The Labute approximate surface area is 105 Å². The molecule has 18 heavy (non-hydrogen) atoms. The first kappa shape index (κ1) is 12.1. The fraction of sp³-hybridized carbons (Fsp3) is 0.143. The summed E-state index contributed by atoms with van der Waals surface area (Å²) in [7, 11) is 0. The highest BCUT2D eigenvalue weighted by Crippen LogP contribution is 2.29. The summed E-state index contributed by atoms with van der Waals surface area (Å²) in [6.07, 6.45) is 0. The molecule has 4 nitrogen and oxygen atoms in total. The highest BCUT2D eigenvalue weighted by atomic mass is 16.6. The number of anilines is 2. The number of nitrogens with zero attached hydrogens (tertiary/aromatic N) is 1. The maximum absolute atomic E-state index is 11.0. The first-order valence-corrected chi connectivity index (χ1v) is 5.65. The predicted octanol–water partition coefficient (Wildman–Crippen LogP) is 3.96. The molecule has 0 bridgehead atoms. The molecule has 2 aromatic rings. The first-order chi connectivity index (χ1) is 8.58. The number of nitro benzene ring substituents is 1. The van der Waals surface area contributed by atoms with Gasteiger partial charge in [-0.2, -0.15) is 0 Å². The summed E-state index contributed by atoms with van der Waals surface area (Å²) < 4.78 is 0. The molecule has 0 saturated heterocycles. The normalized spacial score (nSPS) is 10.1. The lowest BCUT2D eigenvalue weighted by molar-refractivity contribution is -0.384. The lowest BCUT2D eigenvalue weighted by Gasteiger charge is -2.10. The van der Waals surface area contributed by atoms with Crippen LogP contribution in [-0.4, -0.2) is 4.92 Å². The van der Waals surface area contributed by atoms with Gasteiger partial charge in [-0.1, -0.05) is 24.3 Å². The van der Waals surface area contributed by atoms with E-state index in [1.807, 2.05) is 44.2 Å². The summed E-state index contributed by atoms with van der Waals surface area (Å²) in [6.45, 7) is 3.80. The lowest BCUT2D eigenvalue weighted by atomic mass is 10.1. The van der Waals surface area contributed by atoms with Crippen molar-refractivity contribution in [2.24, 2.45) is 0 Å². The zero-order valence-corrected chi connectivity index (χ0v) is 10.3. The maximum atomic E-state index is 11.0. The Morgan fingerprint density at radius 3 is 2.44 bits per heavy atom. The van der Waals surface area contributed by atoms with Crippen molar-refractivity contribution >= 4 is 17.1 Å². The Kier molecular flexibility index (Phi) is 3.28. The van der Waals surface area contributed by atoms with Crippen LogP contribution in [0.2, 0.25) is 0 Å². The van der Waals surface area contributed by atoms with E-state index >= 15 is 0 Å². The van der Waals surface area contributed by atoms with Crippen molar-refractivity contribution in [1.29, 1.82) is 0 Å². The van der Waals surface area contributed by atoms with Crippen molar-refractivity contribution in [3.8, 4) is 0 Å². The van der Waals surface area contributed by atoms with Crippen molar-refractivity contribution in [3.63, 3.8) is 0 Å². The lowest BCUT2D eigenvalue weighted by Crippen LogP contribution is -1.98. The molecule has 0 atom stereocenters. The van der Waals surface area contributed by atoms with Gasteiger partial charge < -0.3 is 5.32 Å². The van der Waals surface area contributed by atoms with Crippen LogP contribution in [0.15, 0.2) is 42.5 Å². The van der Waals surface area contributed by atoms with E-state index in [0.717, 1.165) is 16.8 Å². The van der Waals surface area contributed by atoms with Crippen LogP contribution in [0.4, 0.5) is 17.1 Å². The fourth-order valence-electron chi connectivity index (χ4n) is 1.76. The average Bonchev–Trinajstić information content (AvgIpc) is 2.34. The third kappa shape index (κ3) is 2.48. The quantitative estimate of drug-likeness (QED) is 0.654. The molecule has 0 amide bonds. The zero-order valence-electron chi connectivity index (χ0n) is 10.3. The molecule has 0 aliphatic rings. The molecule has 0 aliphatic carbocycles.